The molecule has 2 aromatic heterocycles. The smallest absolute Gasteiger partial charge is 0.126 e. The Hall–Kier alpha value is -1.86. The molecule has 0 bridgehead atoms. The van der Waals surface area contributed by atoms with E-state index < -0.39 is 0 Å². The second kappa shape index (κ2) is 4.56. The summed E-state index contributed by atoms with van der Waals surface area (Å²) in [5.74, 6) is 7.12. The van der Waals surface area contributed by atoms with E-state index in [2.05, 4.69) is 15.5 Å². The first-order valence-electron chi connectivity index (χ1n) is 5.33. The van der Waals surface area contributed by atoms with Gasteiger partial charge in [-0.15, -0.1) is 0 Å². The van der Waals surface area contributed by atoms with Gasteiger partial charge in [-0.3, -0.25) is 16.0 Å². The van der Waals surface area contributed by atoms with Crippen LogP contribution in [0.1, 0.15) is 17.4 Å². The molecule has 0 fully saturated rings. The lowest BCUT2D eigenvalue weighted by molar-refractivity contribution is 0.531. The SMILES string of the molecule is Cn1ccnc1CC(NN)c1cnn(C)c1N. The molecule has 0 saturated heterocycles. The van der Waals surface area contributed by atoms with Crippen LogP contribution in [-0.2, 0) is 20.5 Å². The number of nitrogens with two attached hydrogens (primary N) is 2. The van der Waals surface area contributed by atoms with E-state index in [1.807, 2.05) is 17.8 Å². The molecule has 0 aliphatic carbocycles. The highest BCUT2D eigenvalue weighted by Crippen LogP contribution is 2.21. The number of hydrogen-bond donors (Lipinski definition) is 3. The van der Waals surface area contributed by atoms with Crippen LogP contribution in [0.2, 0.25) is 0 Å². The van der Waals surface area contributed by atoms with Crippen molar-refractivity contribution in [3.63, 3.8) is 0 Å². The van der Waals surface area contributed by atoms with Crippen molar-refractivity contribution < 1.29 is 0 Å². The zero-order chi connectivity index (χ0) is 12.4. The lowest BCUT2D eigenvalue weighted by Crippen LogP contribution is -2.30. The zero-order valence-corrected chi connectivity index (χ0v) is 9.96. The number of aromatic nitrogens is 4. The van der Waals surface area contributed by atoms with Crippen LogP contribution < -0.4 is 17.0 Å². The van der Waals surface area contributed by atoms with E-state index >= 15 is 0 Å². The van der Waals surface area contributed by atoms with Crippen LogP contribution in [0.5, 0.6) is 0 Å². The first-order valence-corrected chi connectivity index (χ1v) is 5.33. The van der Waals surface area contributed by atoms with Gasteiger partial charge in [0.05, 0.1) is 12.2 Å². The van der Waals surface area contributed by atoms with E-state index in [0.717, 1.165) is 11.4 Å². The number of imidazole rings is 1. The van der Waals surface area contributed by atoms with Crippen LogP contribution in [0.4, 0.5) is 5.82 Å². The maximum Gasteiger partial charge on any atom is 0.126 e. The third-order valence-electron chi connectivity index (χ3n) is 2.90. The van der Waals surface area contributed by atoms with E-state index in [4.69, 9.17) is 11.6 Å². The summed E-state index contributed by atoms with van der Waals surface area (Å²) in [4.78, 5) is 4.26. The molecule has 0 aliphatic heterocycles. The molecule has 0 saturated carbocycles. The molecule has 1 atom stereocenters. The second-order valence-corrected chi connectivity index (χ2v) is 3.99. The van der Waals surface area contributed by atoms with E-state index in [9.17, 15) is 0 Å². The summed E-state index contributed by atoms with van der Waals surface area (Å²) in [6.45, 7) is 0. The van der Waals surface area contributed by atoms with Crippen molar-refractivity contribution >= 4 is 5.82 Å². The molecule has 0 spiro atoms. The van der Waals surface area contributed by atoms with Crippen LogP contribution >= 0.6 is 0 Å². The minimum Gasteiger partial charge on any atom is -0.384 e. The average Bonchev–Trinajstić information content (AvgIpc) is 2.85. The molecule has 2 aromatic rings. The number of aryl methyl sites for hydroxylation is 2. The van der Waals surface area contributed by atoms with Crippen molar-refractivity contribution in [3.8, 4) is 0 Å². The highest BCUT2D eigenvalue weighted by Gasteiger charge is 2.18. The maximum atomic E-state index is 5.92. The predicted molar refractivity (Wildman–Crippen MR) is 64.6 cm³/mol. The third-order valence-corrected chi connectivity index (χ3v) is 2.90. The molecule has 17 heavy (non-hydrogen) atoms. The maximum absolute atomic E-state index is 5.92. The largest absolute Gasteiger partial charge is 0.384 e. The molecule has 2 rings (SSSR count). The first kappa shape index (κ1) is 11.6. The van der Waals surface area contributed by atoms with Gasteiger partial charge >= 0.3 is 0 Å². The quantitative estimate of drug-likeness (QED) is 0.489. The number of anilines is 1. The minimum atomic E-state index is -0.0928. The number of nitrogen functional groups attached to an aromatic ring is 1. The average molecular weight is 235 g/mol. The Morgan fingerprint density at radius 1 is 1.47 bits per heavy atom. The van der Waals surface area contributed by atoms with Crippen LogP contribution in [-0.4, -0.2) is 19.3 Å². The van der Waals surface area contributed by atoms with Crippen molar-refractivity contribution in [2.75, 3.05) is 5.73 Å². The first-order chi connectivity index (χ1) is 8.13. The topological polar surface area (TPSA) is 99.7 Å². The zero-order valence-electron chi connectivity index (χ0n) is 9.96. The van der Waals surface area contributed by atoms with E-state index in [1.165, 1.54) is 0 Å². The number of nitrogens with zero attached hydrogens (tertiary/aromatic N) is 4. The van der Waals surface area contributed by atoms with Crippen molar-refractivity contribution in [1.82, 2.24) is 24.8 Å². The number of nitrogens with one attached hydrogen (secondary N) is 1. The van der Waals surface area contributed by atoms with Crippen LogP contribution in [0.3, 0.4) is 0 Å². The normalized spacial score (nSPS) is 12.9. The second-order valence-electron chi connectivity index (χ2n) is 3.99. The summed E-state index contributed by atoms with van der Waals surface area (Å²) in [5.41, 5.74) is 9.56. The van der Waals surface area contributed by atoms with Gasteiger partial charge in [0.25, 0.3) is 0 Å². The van der Waals surface area contributed by atoms with Gasteiger partial charge < -0.3 is 10.3 Å². The fraction of sp³-hybridized carbons (Fsp3) is 0.400. The summed E-state index contributed by atoms with van der Waals surface area (Å²) in [6, 6.07) is -0.0928. The molecule has 0 amide bonds. The lowest BCUT2D eigenvalue weighted by Gasteiger charge is -2.15. The van der Waals surface area contributed by atoms with Gasteiger partial charge in [0, 0.05) is 38.5 Å². The molecule has 2 heterocycles. The highest BCUT2D eigenvalue weighted by atomic mass is 15.3. The number of hydrazine groups is 1. The van der Waals surface area contributed by atoms with Crippen molar-refractivity contribution in [2.45, 2.75) is 12.5 Å². The van der Waals surface area contributed by atoms with Gasteiger partial charge in [-0.25, -0.2) is 4.98 Å². The predicted octanol–water partition coefficient (Wildman–Crippen LogP) is -0.517. The molecule has 0 aliphatic rings. The van der Waals surface area contributed by atoms with Gasteiger partial charge in [-0.2, -0.15) is 5.10 Å². The van der Waals surface area contributed by atoms with Crippen molar-refractivity contribution in [3.05, 3.63) is 30.0 Å². The van der Waals surface area contributed by atoms with E-state index in [1.54, 1.807) is 24.1 Å². The summed E-state index contributed by atoms with van der Waals surface area (Å²) in [6.07, 6.45) is 6.05. The standard InChI is InChI=1S/C10H17N7/c1-16-4-3-13-9(16)5-8(15-12)7-6-14-17(2)10(7)11/h3-4,6,8,15H,5,11-12H2,1-2H3. The molecule has 0 radical (unpaired) electrons. The van der Waals surface area contributed by atoms with Gasteiger partial charge in [0.15, 0.2) is 0 Å². The summed E-state index contributed by atoms with van der Waals surface area (Å²) < 4.78 is 3.58. The van der Waals surface area contributed by atoms with Gasteiger partial charge in [-0.05, 0) is 0 Å². The molecule has 5 N–H and O–H groups in total. The molecule has 7 heteroatoms. The Balaban J connectivity index is 2.23. The molecule has 92 valence electrons. The number of rotatable bonds is 4. The Kier molecular flexibility index (Phi) is 3.12. The molecule has 0 aromatic carbocycles. The van der Waals surface area contributed by atoms with E-state index in [-0.39, 0.29) is 6.04 Å². The summed E-state index contributed by atoms with van der Waals surface area (Å²) >= 11 is 0. The van der Waals surface area contributed by atoms with Crippen LogP contribution in [0.15, 0.2) is 18.6 Å². The van der Waals surface area contributed by atoms with Gasteiger partial charge in [-0.1, -0.05) is 0 Å². The Bertz CT molecular complexity index is 498. The van der Waals surface area contributed by atoms with Crippen LogP contribution in [0.25, 0.3) is 0 Å². The Labute approximate surface area is 99.4 Å². The van der Waals surface area contributed by atoms with Crippen LogP contribution in [0, 0.1) is 0 Å². The van der Waals surface area contributed by atoms with E-state index in [0.29, 0.717) is 12.2 Å². The fourth-order valence-corrected chi connectivity index (χ4v) is 1.77. The lowest BCUT2D eigenvalue weighted by atomic mass is 10.1. The fourth-order valence-electron chi connectivity index (χ4n) is 1.77. The number of hydrogen-bond acceptors (Lipinski definition) is 5. The van der Waals surface area contributed by atoms with Crippen molar-refractivity contribution in [2.24, 2.45) is 19.9 Å². The Morgan fingerprint density at radius 2 is 2.24 bits per heavy atom. The van der Waals surface area contributed by atoms with Gasteiger partial charge in [0.2, 0.25) is 0 Å². The summed E-state index contributed by atoms with van der Waals surface area (Å²) in [5, 5.41) is 4.11. The minimum absolute atomic E-state index is 0.0928. The molecular weight excluding hydrogens is 218 g/mol. The highest BCUT2D eigenvalue weighted by molar-refractivity contribution is 5.41. The summed E-state index contributed by atoms with van der Waals surface area (Å²) in [7, 11) is 3.75. The monoisotopic (exact) mass is 235 g/mol. The third kappa shape index (κ3) is 2.15. The molecular formula is C10H17N7. The van der Waals surface area contributed by atoms with Gasteiger partial charge in [0.1, 0.15) is 11.6 Å². The molecule has 1 unspecified atom stereocenters. The Morgan fingerprint density at radius 3 is 2.71 bits per heavy atom. The van der Waals surface area contributed by atoms with Crippen molar-refractivity contribution in [1.29, 1.82) is 0 Å². The molecule has 7 nitrogen and oxygen atoms in total.